The van der Waals surface area contributed by atoms with Crippen LogP contribution in [0, 0.1) is 0 Å². The van der Waals surface area contributed by atoms with E-state index in [1.54, 1.807) is 23.1 Å². The number of carbonyl (C=O) groups excluding carboxylic acids is 2. The molecule has 0 radical (unpaired) electrons. The van der Waals surface area contributed by atoms with Crippen molar-refractivity contribution in [2.75, 3.05) is 16.8 Å². The van der Waals surface area contributed by atoms with Crippen LogP contribution in [0.1, 0.15) is 12.8 Å². The number of benzene rings is 1. The molecule has 2 heterocycles. The Bertz CT molecular complexity index is 944. The van der Waals surface area contributed by atoms with Crippen molar-refractivity contribution in [3.8, 4) is 0 Å². The second-order valence-corrected chi connectivity index (χ2v) is 5.87. The summed E-state index contributed by atoms with van der Waals surface area (Å²) in [6.45, 7) is 0.462. The van der Waals surface area contributed by atoms with Gasteiger partial charge in [-0.25, -0.2) is 4.79 Å². The zero-order valence-corrected chi connectivity index (χ0v) is 13.8. The molecule has 0 bridgehead atoms. The molecule has 2 amide bonds. The predicted octanol–water partition coefficient (Wildman–Crippen LogP) is 0.312. The molecule has 130 valence electrons. The summed E-state index contributed by atoms with van der Waals surface area (Å²) >= 11 is 0. The third kappa shape index (κ3) is 3.52. The highest BCUT2D eigenvalue weighted by atomic mass is 16.2. The molecule has 0 spiro atoms. The van der Waals surface area contributed by atoms with Crippen LogP contribution in [0.15, 0.2) is 46.1 Å². The lowest BCUT2D eigenvalue weighted by Gasteiger charge is -2.17. The molecule has 1 N–H and O–H groups in total. The lowest BCUT2D eigenvalue weighted by atomic mass is 10.2. The molecule has 25 heavy (non-hydrogen) atoms. The van der Waals surface area contributed by atoms with Gasteiger partial charge in [0, 0.05) is 43.7 Å². The van der Waals surface area contributed by atoms with Crippen LogP contribution >= 0.6 is 0 Å². The van der Waals surface area contributed by atoms with Crippen LogP contribution in [-0.2, 0) is 23.2 Å². The first kappa shape index (κ1) is 16.7. The average Bonchev–Trinajstić information content (AvgIpc) is 3.02. The van der Waals surface area contributed by atoms with Gasteiger partial charge in [0.25, 0.3) is 5.56 Å². The second kappa shape index (κ2) is 6.76. The van der Waals surface area contributed by atoms with Gasteiger partial charge in [-0.2, -0.15) is 0 Å². The Morgan fingerprint density at radius 1 is 1.20 bits per heavy atom. The molecule has 0 saturated carbocycles. The maximum atomic E-state index is 12.2. The minimum Gasteiger partial charge on any atom is -0.324 e. The highest BCUT2D eigenvalue weighted by Crippen LogP contribution is 2.24. The van der Waals surface area contributed by atoms with Crippen molar-refractivity contribution in [3.63, 3.8) is 0 Å². The quantitative estimate of drug-likeness (QED) is 0.865. The van der Waals surface area contributed by atoms with E-state index >= 15 is 0 Å². The molecule has 1 aromatic heterocycles. The maximum absolute atomic E-state index is 12.2. The first-order valence-electron chi connectivity index (χ1n) is 7.92. The van der Waals surface area contributed by atoms with Crippen molar-refractivity contribution in [2.24, 2.45) is 7.05 Å². The Balaban J connectivity index is 1.73. The van der Waals surface area contributed by atoms with E-state index in [4.69, 9.17) is 0 Å². The molecular formula is C17H18N4O4. The third-order valence-electron chi connectivity index (χ3n) is 4.09. The van der Waals surface area contributed by atoms with Crippen LogP contribution in [0.2, 0.25) is 0 Å². The number of anilines is 2. The Hall–Kier alpha value is -3.16. The van der Waals surface area contributed by atoms with Crippen LogP contribution in [0.5, 0.6) is 0 Å². The molecule has 0 aliphatic carbocycles. The van der Waals surface area contributed by atoms with Crippen molar-refractivity contribution >= 4 is 23.2 Å². The smallest absolute Gasteiger partial charge is 0.324 e. The standard InChI is InChI=1S/C17H18N4O4/c1-19-15(23)7-9-20(17(19)25)11-14(22)18-12-4-2-5-13(10-12)21-8-3-6-16(21)24/h2,4-5,7,9-10H,3,6,8,11H2,1H3,(H,18,22). The fourth-order valence-electron chi connectivity index (χ4n) is 2.76. The van der Waals surface area contributed by atoms with Crippen molar-refractivity contribution < 1.29 is 9.59 Å². The summed E-state index contributed by atoms with van der Waals surface area (Å²) in [6, 6.07) is 8.25. The average molecular weight is 342 g/mol. The number of nitrogens with zero attached hydrogens (tertiary/aromatic N) is 3. The number of hydrogen-bond acceptors (Lipinski definition) is 4. The molecule has 0 unspecified atom stereocenters. The molecule has 1 fully saturated rings. The second-order valence-electron chi connectivity index (χ2n) is 5.87. The first-order chi connectivity index (χ1) is 12.0. The lowest BCUT2D eigenvalue weighted by Crippen LogP contribution is -2.38. The van der Waals surface area contributed by atoms with Crippen molar-refractivity contribution in [1.82, 2.24) is 9.13 Å². The van der Waals surface area contributed by atoms with Crippen LogP contribution < -0.4 is 21.5 Å². The lowest BCUT2D eigenvalue weighted by molar-refractivity contribution is -0.117. The summed E-state index contributed by atoms with van der Waals surface area (Å²) in [5.41, 5.74) is 0.295. The van der Waals surface area contributed by atoms with Crippen molar-refractivity contribution in [3.05, 3.63) is 57.4 Å². The van der Waals surface area contributed by atoms with E-state index in [2.05, 4.69) is 5.32 Å². The molecule has 2 aromatic rings. The molecule has 1 saturated heterocycles. The Morgan fingerprint density at radius 3 is 2.72 bits per heavy atom. The topological polar surface area (TPSA) is 93.4 Å². The van der Waals surface area contributed by atoms with Gasteiger partial charge in [0.05, 0.1) is 0 Å². The molecule has 1 aliphatic heterocycles. The predicted molar refractivity (Wildman–Crippen MR) is 92.6 cm³/mol. The summed E-state index contributed by atoms with van der Waals surface area (Å²) in [7, 11) is 1.36. The van der Waals surface area contributed by atoms with Gasteiger partial charge < -0.3 is 10.2 Å². The van der Waals surface area contributed by atoms with E-state index in [-0.39, 0.29) is 12.5 Å². The van der Waals surface area contributed by atoms with Crippen molar-refractivity contribution in [2.45, 2.75) is 19.4 Å². The Labute approximate surface area is 143 Å². The summed E-state index contributed by atoms with van der Waals surface area (Å²) in [5, 5.41) is 2.71. The molecule has 1 aromatic carbocycles. The maximum Gasteiger partial charge on any atom is 0.331 e. The van der Waals surface area contributed by atoms with Gasteiger partial charge in [0.1, 0.15) is 6.54 Å². The van der Waals surface area contributed by atoms with Gasteiger partial charge in [-0.15, -0.1) is 0 Å². The molecule has 1 aliphatic rings. The summed E-state index contributed by atoms with van der Waals surface area (Å²) in [5.74, 6) is -0.328. The SMILES string of the molecule is Cn1c(=O)ccn(CC(=O)Nc2cccc(N3CCCC3=O)c2)c1=O. The third-order valence-corrected chi connectivity index (χ3v) is 4.09. The number of rotatable bonds is 4. The zero-order chi connectivity index (χ0) is 18.0. The fraction of sp³-hybridized carbons (Fsp3) is 0.294. The van der Waals surface area contributed by atoms with E-state index in [1.165, 1.54) is 19.3 Å². The highest BCUT2D eigenvalue weighted by molar-refractivity contribution is 5.97. The van der Waals surface area contributed by atoms with E-state index in [1.807, 2.05) is 6.07 Å². The zero-order valence-electron chi connectivity index (χ0n) is 13.8. The van der Waals surface area contributed by atoms with Gasteiger partial charge in [-0.1, -0.05) is 6.07 Å². The van der Waals surface area contributed by atoms with E-state index in [0.717, 1.165) is 21.2 Å². The summed E-state index contributed by atoms with van der Waals surface area (Å²) in [6.07, 6.45) is 2.65. The summed E-state index contributed by atoms with van der Waals surface area (Å²) < 4.78 is 2.09. The number of amides is 2. The van der Waals surface area contributed by atoms with Gasteiger partial charge in [-0.3, -0.25) is 23.5 Å². The first-order valence-corrected chi connectivity index (χ1v) is 7.92. The molecule has 0 atom stereocenters. The van der Waals surface area contributed by atoms with E-state index in [0.29, 0.717) is 18.7 Å². The van der Waals surface area contributed by atoms with E-state index < -0.39 is 17.2 Å². The minimum atomic E-state index is -0.556. The number of hydrogen-bond donors (Lipinski definition) is 1. The summed E-state index contributed by atoms with van der Waals surface area (Å²) in [4.78, 5) is 49.0. The Kier molecular flexibility index (Phi) is 4.51. The van der Waals surface area contributed by atoms with Crippen LogP contribution in [-0.4, -0.2) is 27.5 Å². The molecular weight excluding hydrogens is 324 g/mol. The monoisotopic (exact) mass is 342 g/mol. The van der Waals surface area contributed by atoms with Crippen LogP contribution in [0.25, 0.3) is 0 Å². The Morgan fingerprint density at radius 2 is 2.00 bits per heavy atom. The fourth-order valence-corrected chi connectivity index (χ4v) is 2.76. The van der Waals surface area contributed by atoms with Crippen molar-refractivity contribution in [1.29, 1.82) is 0 Å². The van der Waals surface area contributed by atoms with Gasteiger partial charge in [0.15, 0.2) is 0 Å². The van der Waals surface area contributed by atoms with Gasteiger partial charge >= 0.3 is 5.69 Å². The number of nitrogens with one attached hydrogen (secondary N) is 1. The normalized spacial score (nSPS) is 14.0. The highest BCUT2D eigenvalue weighted by Gasteiger charge is 2.21. The van der Waals surface area contributed by atoms with Crippen LogP contribution in [0.3, 0.4) is 0 Å². The van der Waals surface area contributed by atoms with E-state index in [9.17, 15) is 19.2 Å². The molecule has 8 nitrogen and oxygen atoms in total. The van der Waals surface area contributed by atoms with Gasteiger partial charge in [0.2, 0.25) is 11.8 Å². The molecule has 3 rings (SSSR count). The van der Waals surface area contributed by atoms with Crippen LogP contribution in [0.4, 0.5) is 11.4 Å². The van der Waals surface area contributed by atoms with Gasteiger partial charge in [-0.05, 0) is 24.6 Å². The minimum absolute atomic E-state index is 0.0697. The number of aromatic nitrogens is 2. The number of carbonyl (C=O) groups is 2. The molecule has 8 heteroatoms. The largest absolute Gasteiger partial charge is 0.331 e.